The zero-order chi connectivity index (χ0) is 10.7. The number of rotatable bonds is 2. The number of hydrogen-bond acceptors (Lipinski definition) is 3. The van der Waals surface area contributed by atoms with Crippen molar-refractivity contribution in [3.05, 3.63) is 28.7 Å². The molecule has 0 saturated carbocycles. The van der Waals surface area contributed by atoms with Crippen molar-refractivity contribution < 1.29 is 0 Å². The number of hydrogen-bond donors (Lipinski definition) is 2. The Kier molecular flexibility index (Phi) is 3.61. The molecule has 1 fully saturated rings. The Bertz CT molecular complexity index is 312. The molecule has 1 aliphatic rings. The van der Waals surface area contributed by atoms with Crippen molar-refractivity contribution in [1.29, 1.82) is 0 Å². The Labute approximate surface area is 98.8 Å². The molecular weight excluding hydrogens is 254 g/mol. The van der Waals surface area contributed by atoms with E-state index in [9.17, 15) is 0 Å². The summed E-state index contributed by atoms with van der Waals surface area (Å²) in [5.41, 5.74) is 6.95. The number of anilines is 1. The number of benzene rings is 1. The SMILES string of the molecule is NCC1CN(c2ccc(Br)cc2)CCN1. The number of nitrogens with one attached hydrogen (secondary N) is 1. The molecule has 2 rings (SSSR count). The second kappa shape index (κ2) is 4.96. The molecule has 1 heterocycles. The maximum absolute atomic E-state index is 5.67. The number of nitrogens with two attached hydrogens (primary N) is 1. The Hall–Kier alpha value is -0.580. The first-order chi connectivity index (χ1) is 7.29. The molecule has 1 aliphatic heterocycles. The summed E-state index contributed by atoms with van der Waals surface area (Å²) < 4.78 is 1.12. The van der Waals surface area contributed by atoms with E-state index in [2.05, 4.69) is 50.4 Å². The molecule has 0 aromatic heterocycles. The highest BCUT2D eigenvalue weighted by Crippen LogP contribution is 2.19. The van der Waals surface area contributed by atoms with Crippen LogP contribution in [-0.4, -0.2) is 32.2 Å². The molecule has 0 aliphatic carbocycles. The molecule has 1 atom stereocenters. The third kappa shape index (κ3) is 2.71. The van der Waals surface area contributed by atoms with Crippen LogP contribution < -0.4 is 16.0 Å². The number of nitrogens with zero attached hydrogens (tertiary/aromatic N) is 1. The van der Waals surface area contributed by atoms with Crippen LogP contribution in [0, 0.1) is 0 Å². The van der Waals surface area contributed by atoms with Crippen LogP contribution in [0.25, 0.3) is 0 Å². The van der Waals surface area contributed by atoms with Gasteiger partial charge in [-0.05, 0) is 24.3 Å². The van der Waals surface area contributed by atoms with Gasteiger partial charge in [-0.15, -0.1) is 0 Å². The van der Waals surface area contributed by atoms with Crippen LogP contribution in [0.1, 0.15) is 0 Å². The molecule has 3 nitrogen and oxygen atoms in total. The van der Waals surface area contributed by atoms with Crippen LogP contribution in [0.5, 0.6) is 0 Å². The van der Waals surface area contributed by atoms with Gasteiger partial charge in [0.2, 0.25) is 0 Å². The van der Waals surface area contributed by atoms with E-state index in [0.29, 0.717) is 12.6 Å². The van der Waals surface area contributed by atoms with E-state index in [0.717, 1.165) is 24.1 Å². The molecule has 0 radical (unpaired) electrons. The molecular formula is C11H16BrN3. The fraction of sp³-hybridized carbons (Fsp3) is 0.455. The highest BCUT2D eigenvalue weighted by molar-refractivity contribution is 9.10. The second-order valence-corrected chi connectivity index (χ2v) is 4.72. The van der Waals surface area contributed by atoms with E-state index < -0.39 is 0 Å². The summed E-state index contributed by atoms with van der Waals surface area (Å²) in [6, 6.07) is 8.86. The fourth-order valence-corrected chi connectivity index (χ4v) is 2.13. The molecule has 0 spiro atoms. The van der Waals surface area contributed by atoms with Crippen LogP contribution in [0.15, 0.2) is 28.7 Å². The smallest absolute Gasteiger partial charge is 0.0367 e. The molecule has 1 aromatic rings. The number of piperazine rings is 1. The standard InChI is InChI=1S/C11H16BrN3/c12-9-1-3-11(4-2-9)15-6-5-14-10(7-13)8-15/h1-4,10,14H,5-8,13H2. The van der Waals surface area contributed by atoms with E-state index >= 15 is 0 Å². The summed E-state index contributed by atoms with van der Waals surface area (Å²) >= 11 is 3.44. The zero-order valence-electron chi connectivity index (χ0n) is 8.62. The number of halogens is 1. The normalized spacial score (nSPS) is 21.7. The van der Waals surface area contributed by atoms with Crippen LogP contribution in [0.2, 0.25) is 0 Å². The van der Waals surface area contributed by atoms with Gasteiger partial charge in [0.05, 0.1) is 0 Å². The maximum atomic E-state index is 5.67. The van der Waals surface area contributed by atoms with E-state index in [-0.39, 0.29) is 0 Å². The van der Waals surface area contributed by atoms with E-state index in [1.54, 1.807) is 0 Å². The minimum atomic E-state index is 0.419. The maximum Gasteiger partial charge on any atom is 0.0367 e. The van der Waals surface area contributed by atoms with Crippen molar-refractivity contribution in [2.45, 2.75) is 6.04 Å². The predicted molar refractivity (Wildman–Crippen MR) is 67.2 cm³/mol. The van der Waals surface area contributed by atoms with Gasteiger partial charge in [-0.1, -0.05) is 15.9 Å². The minimum absolute atomic E-state index is 0.419. The molecule has 3 N–H and O–H groups in total. The lowest BCUT2D eigenvalue weighted by Crippen LogP contribution is -2.53. The van der Waals surface area contributed by atoms with E-state index in [4.69, 9.17) is 5.73 Å². The summed E-state index contributed by atoms with van der Waals surface area (Å²) in [4.78, 5) is 2.38. The predicted octanol–water partition coefficient (Wildman–Crippen LogP) is 1.19. The molecule has 0 amide bonds. The Morgan fingerprint density at radius 1 is 1.40 bits per heavy atom. The van der Waals surface area contributed by atoms with Gasteiger partial charge in [-0.3, -0.25) is 0 Å². The molecule has 1 unspecified atom stereocenters. The van der Waals surface area contributed by atoms with Crippen molar-refractivity contribution in [3.63, 3.8) is 0 Å². The van der Waals surface area contributed by atoms with Gasteiger partial charge in [0, 0.05) is 42.4 Å². The van der Waals surface area contributed by atoms with Gasteiger partial charge in [-0.25, -0.2) is 0 Å². The zero-order valence-corrected chi connectivity index (χ0v) is 10.2. The summed E-state index contributed by atoms with van der Waals surface area (Å²) in [5, 5.41) is 3.40. The van der Waals surface area contributed by atoms with Crippen molar-refractivity contribution in [1.82, 2.24) is 5.32 Å². The molecule has 82 valence electrons. The van der Waals surface area contributed by atoms with E-state index in [1.807, 2.05) is 0 Å². The second-order valence-electron chi connectivity index (χ2n) is 3.81. The molecule has 15 heavy (non-hydrogen) atoms. The lowest BCUT2D eigenvalue weighted by atomic mass is 10.2. The third-order valence-corrected chi connectivity index (χ3v) is 3.26. The minimum Gasteiger partial charge on any atom is -0.369 e. The van der Waals surface area contributed by atoms with Crippen molar-refractivity contribution in [3.8, 4) is 0 Å². The van der Waals surface area contributed by atoms with Gasteiger partial charge in [0.25, 0.3) is 0 Å². The van der Waals surface area contributed by atoms with Crippen LogP contribution in [0.3, 0.4) is 0 Å². The average molecular weight is 270 g/mol. The molecule has 0 bridgehead atoms. The summed E-state index contributed by atoms with van der Waals surface area (Å²) in [5.74, 6) is 0. The molecule has 1 aromatic carbocycles. The van der Waals surface area contributed by atoms with Gasteiger partial charge in [-0.2, -0.15) is 0 Å². The highest BCUT2D eigenvalue weighted by atomic mass is 79.9. The summed E-state index contributed by atoms with van der Waals surface area (Å²) in [6.45, 7) is 3.77. The first kappa shape index (κ1) is 10.9. The highest BCUT2D eigenvalue weighted by Gasteiger charge is 2.17. The fourth-order valence-electron chi connectivity index (χ4n) is 1.87. The Morgan fingerprint density at radius 3 is 2.80 bits per heavy atom. The van der Waals surface area contributed by atoms with Gasteiger partial charge >= 0.3 is 0 Å². The van der Waals surface area contributed by atoms with Crippen molar-refractivity contribution in [2.24, 2.45) is 5.73 Å². The topological polar surface area (TPSA) is 41.3 Å². The third-order valence-electron chi connectivity index (χ3n) is 2.73. The van der Waals surface area contributed by atoms with E-state index in [1.165, 1.54) is 5.69 Å². The molecule has 4 heteroatoms. The van der Waals surface area contributed by atoms with Gasteiger partial charge in [0.1, 0.15) is 0 Å². The Morgan fingerprint density at radius 2 is 2.13 bits per heavy atom. The average Bonchev–Trinajstić information content (AvgIpc) is 2.30. The lowest BCUT2D eigenvalue weighted by Gasteiger charge is -2.34. The van der Waals surface area contributed by atoms with Crippen LogP contribution in [0.4, 0.5) is 5.69 Å². The molecule has 1 saturated heterocycles. The summed E-state index contributed by atoms with van der Waals surface area (Å²) in [6.07, 6.45) is 0. The first-order valence-corrected chi connectivity index (χ1v) is 6.03. The first-order valence-electron chi connectivity index (χ1n) is 5.23. The van der Waals surface area contributed by atoms with Gasteiger partial charge in [0.15, 0.2) is 0 Å². The van der Waals surface area contributed by atoms with Crippen LogP contribution >= 0.6 is 15.9 Å². The lowest BCUT2D eigenvalue weighted by molar-refractivity contribution is 0.463. The van der Waals surface area contributed by atoms with Crippen LogP contribution in [-0.2, 0) is 0 Å². The quantitative estimate of drug-likeness (QED) is 0.848. The van der Waals surface area contributed by atoms with Gasteiger partial charge < -0.3 is 16.0 Å². The summed E-state index contributed by atoms with van der Waals surface area (Å²) in [7, 11) is 0. The Balaban J connectivity index is 2.06. The monoisotopic (exact) mass is 269 g/mol. The van der Waals surface area contributed by atoms with Crippen molar-refractivity contribution >= 4 is 21.6 Å². The largest absolute Gasteiger partial charge is 0.369 e. The van der Waals surface area contributed by atoms with Crippen molar-refractivity contribution in [2.75, 3.05) is 31.1 Å².